The molecule has 0 amide bonds. The van der Waals surface area contributed by atoms with E-state index in [2.05, 4.69) is 37.3 Å². The zero-order chi connectivity index (χ0) is 16.8. The third-order valence-electron chi connectivity index (χ3n) is 4.15. The first kappa shape index (κ1) is 17.1. The summed E-state index contributed by atoms with van der Waals surface area (Å²) < 4.78 is 10.4. The summed E-state index contributed by atoms with van der Waals surface area (Å²) in [7, 11) is 3.08. The first-order valence-corrected chi connectivity index (χ1v) is 7.89. The highest BCUT2D eigenvalue weighted by Crippen LogP contribution is 2.35. The average Bonchev–Trinajstić information content (AvgIpc) is 2.59. The molecule has 0 fully saturated rings. The minimum Gasteiger partial charge on any atom is -0.496 e. The highest BCUT2D eigenvalue weighted by Gasteiger charge is 2.22. The van der Waals surface area contributed by atoms with E-state index in [1.807, 2.05) is 19.1 Å². The first-order chi connectivity index (χ1) is 11.1. The van der Waals surface area contributed by atoms with Gasteiger partial charge in [0.2, 0.25) is 0 Å². The van der Waals surface area contributed by atoms with Crippen LogP contribution in [-0.2, 0) is 16.0 Å². The van der Waals surface area contributed by atoms with Crippen molar-refractivity contribution < 1.29 is 14.3 Å². The minimum atomic E-state index is -0.224. The van der Waals surface area contributed by atoms with Gasteiger partial charge < -0.3 is 9.47 Å². The van der Waals surface area contributed by atoms with Gasteiger partial charge in [-0.3, -0.25) is 4.79 Å². The van der Waals surface area contributed by atoms with Crippen molar-refractivity contribution in [2.45, 2.75) is 32.6 Å². The van der Waals surface area contributed by atoms with E-state index in [0.717, 1.165) is 28.9 Å². The highest BCUT2D eigenvalue weighted by molar-refractivity contribution is 5.71. The molecular weight excluding hydrogens is 288 g/mol. The maximum absolute atomic E-state index is 11.9. The predicted octanol–water partition coefficient (Wildman–Crippen LogP) is 4.26. The van der Waals surface area contributed by atoms with Crippen molar-refractivity contribution in [2.24, 2.45) is 0 Å². The summed E-state index contributed by atoms with van der Waals surface area (Å²) in [5, 5.41) is 0. The lowest BCUT2D eigenvalue weighted by Gasteiger charge is -2.20. The molecule has 0 aliphatic rings. The van der Waals surface area contributed by atoms with Crippen molar-refractivity contribution in [3.05, 3.63) is 64.7 Å². The molecule has 0 aliphatic carbocycles. The Hall–Kier alpha value is -2.29. The fraction of sp³-hybridized carbons (Fsp3) is 0.350. The largest absolute Gasteiger partial charge is 0.496 e. The first-order valence-electron chi connectivity index (χ1n) is 7.89. The second-order valence-corrected chi connectivity index (χ2v) is 5.67. The molecule has 1 atom stereocenters. The number of carbonyl (C=O) groups excluding carboxylic acids is 1. The number of aryl methyl sites for hydroxylation is 2. The quantitative estimate of drug-likeness (QED) is 0.748. The number of carbonyl (C=O) groups is 1. The molecule has 1 unspecified atom stereocenters. The van der Waals surface area contributed by atoms with Crippen LogP contribution in [0.15, 0.2) is 42.5 Å². The Labute approximate surface area is 138 Å². The Kier molecular flexibility index (Phi) is 5.80. The highest BCUT2D eigenvalue weighted by atomic mass is 16.5. The van der Waals surface area contributed by atoms with Gasteiger partial charge in [-0.05, 0) is 30.5 Å². The van der Waals surface area contributed by atoms with Crippen LogP contribution in [0.3, 0.4) is 0 Å². The summed E-state index contributed by atoms with van der Waals surface area (Å²) >= 11 is 0. The molecule has 2 aromatic carbocycles. The zero-order valence-corrected chi connectivity index (χ0v) is 14.3. The Morgan fingerprint density at radius 3 is 2.35 bits per heavy atom. The van der Waals surface area contributed by atoms with Crippen molar-refractivity contribution in [1.82, 2.24) is 0 Å². The molecular formula is C20H24O3. The van der Waals surface area contributed by atoms with Gasteiger partial charge in [-0.15, -0.1) is 0 Å². The molecule has 0 saturated carbocycles. The van der Waals surface area contributed by atoms with E-state index in [0.29, 0.717) is 6.42 Å². The second kappa shape index (κ2) is 7.82. The van der Waals surface area contributed by atoms with Crippen LogP contribution in [0.5, 0.6) is 5.75 Å². The molecule has 3 nitrogen and oxygen atoms in total. The lowest BCUT2D eigenvalue weighted by atomic mass is 9.86. The minimum absolute atomic E-state index is 0.0804. The van der Waals surface area contributed by atoms with E-state index in [1.165, 1.54) is 12.7 Å². The third-order valence-corrected chi connectivity index (χ3v) is 4.15. The van der Waals surface area contributed by atoms with Crippen molar-refractivity contribution >= 4 is 5.97 Å². The second-order valence-electron chi connectivity index (χ2n) is 5.67. The van der Waals surface area contributed by atoms with Gasteiger partial charge in [-0.1, -0.05) is 48.9 Å². The monoisotopic (exact) mass is 312 g/mol. The molecule has 2 rings (SSSR count). The Bertz CT molecular complexity index is 659. The number of hydrogen-bond donors (Lipinski definition) is 0. The van der Waals surface area contributed by atoms with E-state index in [-0.39, 0.29) is 11.9 Å². The zero-order valence-electron chi connectivity index (χ0n) is 14.3. The number of rotatable bonds is 6. The summed E-state index contributed by atoms with van der Waals surface area (Å²) in [6, 6.07) is 14.5. The van der Waals surface area contributed by atoms with Crippen LogP contribution in [0.1, 0.15) is 41.5 Å². The molecule has 0 aliphatic heterocycles. The smallest absolute Gasteiger partial charge is 0.306 e. The summed E-state index contributed by atoms with van der Waals surface area (Å²) in [5.74, 6) is 0.491. The van der Waals surface area contributed by atoms with Crippen LogP contribution >= 0.6 is 0 Å². The van der Waals surface area contributed by atoms with Gasteiger partial charge in [0.1, 0.15) is 5.75 Å². The summed E-state index contributed by atoms with van der Waals surface area (Å²) in [6.45, 7) is 4.17. The van der Waals surface area contributed by atoms with Gasteiger partial charge in [-0.25, -0.2) is 0 Å². The average molecular weight is 312 g/mol. The van der Waals surface area contributed by atoms with Crippen molar-refractivity contribution in [3.63, 3.8) is 0 Å². The Balaban J connectivity index is 2.48. The third kappa shape index (κ3) is 4.13. The summed E-state index contributed by atoms with van der Waals surface area (Å²) in [5.41, 5.74) is 4.53. The molecule has 0 bridgehead atoms. The Morgan fingerprint density at radius 1 is 1.09 bits per heavy atom. The van der Waals surface area contributed by atoms with Crippen LogP contribution in [0.2, 0.25) is 0 Å². The number of methoxy groups -OCH3 is 2. The molecule has 0 radical (unpaired) electrons. The molecule has 0 heterocycles. The van der Waals surface area contributed by atoms with Gasteiger partial charge in [0.05, 0.1) is 20.6 Å². The number of hydrogen-bond acceptors (Lipinski definition) is 3. The lowest BCUT2D eigenvalue weighted by molar-refractivity contribution is -0.140. The van der Waals surface area contributed by atoms with E-state index in [4.69, 9.17) is 9.47 Å². The van der Waals surface area contributed by atoms with Gasteiger partial charge in [0.25, 0.3) is 0 Å². The molecule has 23 heavy (non-hydrogen) atoms. The fourth-order valence-electron chi connectivity index (χ4n) is 2.77. The number of esters is 1. The van der Waals surface area contributed by atoms with E-state index in [1.54, 1.807) is 7.11 Å². The van der Waals surface area contributed by atoms with E-state index in [9.17, 15) is 4.79 Å². The molecule has 122 valence electrons. The maximum atomic E-state index is 11.9. The van der Waals surface area contributed by atoms with Crippen molar-refractivity contribution in [1.29, 1.82) is 0 Å². The van der Waals surface area contributed by atoms with Crippen LogP contribution in [-0.4, -0.2) is 20.2 Å². The van der Waals surface area contributed by atoms with Gasteiger partial charge >= 0.3 is 5.97 Å². The SMILES string of the molecule is CCc1ccc(C(CC(=O)OC)c2cc(C)ccc2OC)cc1. The van der Waals surface area contributed by atoms with Gasteiger partial charge in [0.15, 0.2) is 0 Å². The van der Waals surface area contributed by atoms with Gasteiger partial charge in [-0.2, -0.15) is 0 Å². The molecule has 0 aromatic heterocycles. The van der Waals surface area contributed by atoms with E-state index >= 15 is 0 Å². The standard InChI is InChI=1S/C20H24O3/c1-5-15-7-9-16(10-8-15)17(13-20(21)23-4)18-12-14(2)6-11-19(18)22-3/h6-12,17H,5,13H2,1-4H3. The maximum Gasteiger partial charge on any atom is 0.306 e. The van der Waals surface area contributed by atoms with E-state index < -0.39 is 0 Å². The summed E-state index contributed by atoms with van der Waals surface area (Å²) in [6.07, 6.45) is 1.29. The molecule has 0 spiro atoms. The normalized spacial score (nSPS) is 11.8. The van der Waals surface area contributed by atoms with Crippen LogP contribution < -0.4 is 4.74 Å². The topological polar surface area (TPSA) is 35.5 Å². The fourth-order valence-corrected chi connectivity index (χ4v) is 2.77. The van der Waals surface area contributed by atoms with Crippen molar-refractivity contribution in [3.8, 4) is 5.75 Å². The number of benzene rings is 2. The lowest BCUT2D eigenvalue weighted by Crippen LogP contribution is -2.11. The van der Waals surface area contributed by atoms with Crippen LogP contribution in [0.4, 0.5) is 0 Å². The molecule has 0 N–H and O–H groups in total. The molecule has 0 saturated heterocycles. The predicted molar refractivity (Wildman–Crippen MR) is 92.0 cm³/mol. The molecule has 3 heteroatoms. The Morgan fingerprint density at radius 2 is 1.78 bits per heavy atom. The summed E-state index contributed by atoms with van der Waals surface area (Å²) in [4.78, 5) is 11.9. The molecule has 2 aromatic rings. The van der Waals surface area contributed by atoms with Crippen LogP contribution in [0.25, 0.3) is 0 Å². The van der Waals surface area contributed by atoms with Gasteiger partial charge in [0, 0.05) is 11.5 Å². The number of ether oxygens (including phenoxy) is 2. The van der Waals surface area contributed by atoms with Crippen molar-refractivity contribution in [2.75, 3.05) is 14.2 Å². The van der Waals surface area contributed by atoms with Crippen LogP contribution in [0, 0.1) is 6.92 Å².